The second-order valence-corrected chi connectivity index (χ2v) is 6.81. The zero-order chi connectivity index (χ0) is 15.2. The highest BCUT2D eigenvalue weighted by Gasteiger charge is 2.28. The molecule has 1 amide bonds. The Hall–Kier alpha value is -1.10. The molecule has 20 heavy (non-hydrogen) atoms. The number of hydrogen-bond donors (Lipinski definition) is 3. The van der Waals surface area contributed by atoms with E-state index in [2.05, 4.69) is 4.72 Å². The number of halogens is 2. The second kappa shape index (κ2) is 7.07. The van der Waals surface area contributed by atoms with Gasteiger partial charge in [-0.25, -0.2) is 21.9 Å². The number of nitrogens with one attached hydrogen (secondary N) is 2. The normalized spacial score (nSPS) is 12.3. The molecule has 0 radical (unpaired) electrons. The molecule has 0 saturated carbocycles. The van der Waals surface area contributed by atoms with Crippen LogP contribution in [0.5, 0.6) is 0 Å². The van der Waals surface area contributed by atoms with Gasteiger partial charge in [0.1, 0.15) is 10.8 Å². The van der Waals surface area contributed by atoms with Crippen LogP contribution in [0.1, 0.15) is 6.42 Å². The van der Waals surface area contributed by atoms with Crippen molar-refractivity contribution in [2.45, 2.75) is 16.6 Å². The van der Waals surface area contributed by atoms with Crippen molar-refractivity contribution in [3.05, 3.63) is 17.5 Å². The highest BCUT2D eigenvalue weighted by molar-refractivity contribution is 7.91. The summed E-state index contributed by atoms with van der Waals surface area (Å²) in [5.74, 6) is -4.11. The van der Waals surface area contributed by atoms with E-state index in [0.29, 0.717) is 0 Å². The van der Waals surface area contributed by atoms with Gasteiger partial charge in [-0.15, -0.1) is 11.3 Å². The predicted molar refractivity (Wildman–Crippen MR) is 69.2 cm³/mol. The van der Waals surface area contributed by atoms with Crippen LogP contribution in [0.15, 0.2) is 21.7 Å². The van der Waals surface area contributed by atoms with E-state index in [1.165, 1.54) is 6.07 Å². The van der Waals surface area contributed by atoms with E-state index in [-0.39, 0.29) is 17.2 Å². The summed E-state index contributed by atoms with van der Waals surface area (Å²) in [5, 5.41) is 11.8. The van der Waals surface area contributed by atoms with Gasteiger partial charge in [0.25, 0.3) is 5.92 Å². The molecule has 114 valence electrons. The van der Waals surface area contributed by atoms with Crippen molar-refractivity contribution < 1.29 is 27.1 Å². The smallest absolute Gasteiger partial charge is 0.287 e. The molecule has 1 aromatic rings. The minimum atomic E-state index is -3.66. The summed E-state index contributed by atoms with van der Waals surface area (Å²) >= 11 is 1.03. The van der Waals surface area contributed by atoms with Gasteiger partial charge in [0.15, 0.2) is 0 Å². The van der Waals surface area contributed by atoms with E-state index in [4.69, 9.17) is 5.11 Å². The molecule has 0 saturated heterocycles. The van der Waals surface area contributed by atoms with E-state index in [1.807, 2.05) is 5.32 Å². The van der Waals surface area contributed by atoms with Crippen LogP contribution in [0, 0.1) is 0 Å². The van der Waals surface area contributed by atoms with Crippen LogP contribution >= 0.6 is 11.3 Å². The first-order chi connectivity index (χ1) is 9.27. The van der Waals surface area contributed by atoms with Crippen LogP contribution in [-0.4, -0.2) is 45.1 Å². The molecule has 3 N–H and O–H groups in total. The largest absolute Gasteiger partial charge is 0.390 e. The summed E-state index contributed by atoms with van der Waals surface area (Å²) < 4.78 is 50.9. The molecule has 0 aliphatic carbocycles. The van der Waals surface area contributed by atoms with E-state index >= 15 is 0 Å². The quantitative estimate of drug-likeness (QED) is 0.633. The lowest BCUT2D eigenvalue weighted by atomic mass is 10.3. The Morgan fingerprint density at radius 2 is 2.15 bits per heavy atom. The van der Waals surface area contributed by atoms with Gasteiger partial charge in [-0.2, -0.15) is 0 Å². The van der Waals surface area contributed by atoms with E-state index in [1.54, 1.807) is 11.4 Å². The van der Waals surface area contributed by atoms with Gasteiger partial charge in [-0.05, 0) is 11.4 Å². The van der Waals surface area contributed by atoms with Gasteiger partial charge < -0.3 is 10.4 Å². The van der Waals surface area contributed by atoms with Crippen LogP contribution in [0.25, 0.3) is 0 Å². The molecule has 6 nitrogen and oxygen atoms in total. The maximum Gasteiger partial charge on any atom is 0.287 e. The van der Waals surface area contributed by atoms with Gasteiger partial charge in [-0.3, -0.25) is 4.79 Å². The molecule has 0 fully saturated rings. The molecule has 0 aliphatic rings. The molecule has 0 atom stereocenters. The SMILES string of the molecule is O=C(CCNS(=O)(=O)c1cccs1)NCC(F)(F)CO. The molecular weight excluding hydrogens is 314 g/mol. The Balaban J connectivity index is 2.33. The third-order valence-corrected chi connectivity index (χ3v) is 5.04. The zero-order valence-electron chi connectivity index (χ0n) is 10.3. The molecule has 1 heterocycles. The van der Waals surface area contributed by atoms with Crippen molar-refractivity contribution >= 4 is 27.3 Å². The monoisotopic (exact) mass is 328 g/mol. The van der Waals surface area contributed by atoms with Crippen molar-refractivity contribution in [3.8, 4) is 0 Å². The number of carbonyl (C=O) groups excluding carboxylic acids is 1. The number of aliphatic hydroxyl groups is 1. The highest BCUT2D eigenvalue weighted by atomic mass is 32.2. The van der Waals surface area contributed by atoms with Crippen molar-refractivity contribution in [2.24, 2.45) is 0 Å². The first-order valence-corrected chi connectivity index (χ1v) is 7.92. The summed E-state index contributed by atoms with van der Waals surface area (Å²) in [6.45, 7) is -2.55. The average Bonchev–Trinajstić information content (AvgIpc) is 2.91. The van der Waals surface area contributed by atoms with Gasteiger partial charge in [-0.1, -0.05) is 6.07 Å². The fraction of sp³-hybridized carbons (Fsp3) is 0.500. The summed E-state index contributed by atoms with van der Waals surface area (Å²) in [7, 11) is -3.66. The van der Waals surface area contributed by atoms with E-state index in [9.17, 15) is 22.0 Å². The van der Waals surface area contributed by atoms with Crippen LogP contribution in [0.4, 0.5) is 8.78 Å². The minimum Gasteiger partial charge on any atom is -0.390 e. The zero-order valence-corrected chi connectivity index (χ0v) is 11.9. The third kappa shape index (κ3) is 5.49. The Labute approximate surface area is 118 Å². The lowest BCUT2D eigenvalue weighted by molar-refractivity contribution is -0.123. The molecule has 0 aromatic carbocycles. The fourth-order valence-corrected chi connectivity index (χ4v) is 3.23. The van der Waals surface area contributed by atoms with E-state index < -0.39 is 35.0 Å². The van der Waals surface area contributed by atoms with Crippen molar-refractivity contribution in [2.75, 3.05) is 19.7 Å². The van der Waals surface area contributed by atoms with Crippen LogP contribution in [0.2, 0.25) is 0 Å². The Kier molecular flexibility index (Phi) is 5.99. The van der Waals surface area contributed by atoms with Crippen molar-refractivity contribution in [1.29, 1.82) is 0 Å². The number of alkyl halides is 2. The van der Waals surface area contributed by atoms with Crippen LogP contribution in [0.3, 0.4) is 0 Å². The average molecular weight is 328 g/mol. The topological polar surface area (TPSA) is 95.5 Å². The standard InChI is InChI=1S/C10H14F2N2O4S2/c11-10(12,7-15)6-13-8(16)3-4-14-20(17,18)9-2-1-5-19-9/h1-2,5,14-15H,3-4,6-7H2,(H,13,16). The number of aliphatic hydroxyl groups excluding tert-OH is 1. The van der Waals surface area contributed by atoms with Crippen molar-refractivity contribution in [1.82, 2.24) is 10.0 Å². The van der Waals surface area contributed by atoms with E-state index in [0.717, 1.165) is 11.3 Å². The third-order valence-electron chi connectivity index (χ3n) is 2.18. The lowest BCUT2D eigenvalue weighted by Gasteiger charge is -2.13. The van der Waals surface area contributed by atoms with Gasteiger partial charge in [0.2, 0.25) is 15.9 Å². The van der Waals surface area contributed by atoms with Crippen molar-refractivity contribution in [3.63, 3.8) is 0 Å². The van der Waals surface area contributed by atoms with Crippen LogP contribution in [-0.2, 0) is 14.8 Å². The predicted octanol–water partition coefficient (Wildman–Crippen LogP) is 0.160. The fourth-order valence-electron chi connectivity index (χ4n) is 1.16. The maximum absolute atomic E-state index is 12.6. The Bertz CT molecular complexity index is 531. The molecule has 0 unspecified atom stereocenters. The molecule has 1 rings (SSSR count). The molecule has 0 aliphatic heterocycles. The summed E-state index contributed by atoms with van der Waals surface area (Å²) in [6.07, 6.45) is -0.272. The van der Waals surface area contributed by atoms with Gasteiger partial charge in [0.05, 0.1) is 6.54 Å². The van der Waals surface area contributed by atoms with Crippen LogP contribution < -0.4 is 10.0 Å². The number of carbonyl (C=O) groups is 1. The molecular formula is C10H14F2N2O4S2. The number of thiophene rings is 1. The highest BCUT2D eigenvalue weighted by Crippen LogP contribution is 2.15. The maximum atomic E-state index is 12.6. The number of sulfonamides is 1. The molecule has 0 bridgehead atoms. The minimum absolute atomic E-state index is 0.115. The second-order valence-electron chi connectivity index (χ2n) is 3.87. The van der Waals surface area contributed by atoms with Gasteiger partial charge in [0, 0.05) is 13.0 Å². The number of amides is 1. The summed E-state index contributed by atoms with van der Waals surface area (Å²) in [5.41, 5.74) is 0. The number of rotatable bonds is 8. The number of hydrogen-bond acceptors (Lipinski definition) is 5. The first kappa shape index (κ1) is 17.0. The molecule has 0 spiro atoms. The van der Waals surface area contributed by atoms with Gasteiger partial charge >= 0.3 is 0 Å². The molecule has 1 aromatic heterocycles. The Morgan fingerprint density at radius 1 is 1.45 bits per heavy atom. The Morgan fingerprint density at radius 3 is 2.70 bits per heavy atom. The lowest BCUT2D eigenvalue weighted by Crippen LogP contribution is -2.40. The summed E-state index contributed by atoms with van der Waals surface area (Å²) in [4.78, 5) is 11.2. The summed E-state index contributed by atoms with van der Waals surface area (Å²) in [6, 6.07) is 2.98. The first-order valence-electron chi connectivity index (χ1n) is 5.55. The molecule has 10 heteroatoms.